The van der Waals surface area contributed by atoms with E-state index in [0.717, 1.165) is 0 Å². The van der Waals surface area contributed by atoms with Crippen LogP contribution in [-0.2, 0) is 9.53 Å². The van der Waals surface area contributed by atoms with Gasteiger partial charge in [-0.15, -0.1) is 0 Å². The summed E-state index contributed by atoms with van der Waals surface area (Å²) in [6.45, 7) is 1.24. The Labute approximate surface area is 128 Å². The van der Waals surface area contributed by atoms with Crippen molar-refractivity contribution in [3.05, 3.63) is 30.1 Å². The number of aromatic nitrogens is 1. The molecule has 3 atom stereocenters. The highest BCUT2D eigenvalue weighted by atomic mass is 19.4. The molecule has 1 fully saturated rings. The molecule has 1 aliphatic heterocycles. The van der Waals surface area contributed by atoms with Crippen molar-refractivity contribution in [1.29, 1.82) is 0 Å². The number of nitrogens with zero attached hydrogens (tertiary/aromatic N) is 1. The maximum Gasteiger partial charge on any atom is 0.437 e. The zero-order valence-corrected chi connectivity index (χ0v) is 11.9. The van der Waals surface area contributed by atoms with Gasteiger partial charge in [-0.05, 0) is 24.6 Å². The van der Waals surface area contributed by atoms with Gasteiger partial charge in [-0.3, -0.25) is 9.78 Å². The van der Waals surface area contributed by atoms with E-state index in [9.17, 15) is 27.9 Å². The quantitative estimate of drug-likeness (QED) is 0.713. The molecule has 2 heterocycles. The van der Waals surface area contributed by atoms with Crippen molar-refractivity contribution in [2.45, 2.75) is 24.9 Å². The predicted molar refractivity (Wildman–Crippen MR) is 69.8 cm³/mol. The monoisotopic (exact) mass is 333 g/mol. The molecule has 126 valence electrons. The SMILES string of the molecule is CCOC(=O)[C@H]1[C@@H](c2ccncc2)NC(=O)N[C@]1(O)C(F)(F)F. The number of halogens is 3. The van der Waals surface area contributed by atoms with Crippen LogP contribution >= 0.6 is 0 Å². The van der Waals surface area contributed by atoms with Crippen LogP contribution in [0.3, 0.4) is 0 Å². The zero-order chi connectivity index (χ0) is 17.3. The van der Waals surface area contributed by atoms with Crippen molar-refractivity contribution >= 4 is 12.0 Å². The average Bonchev–Trinajstić information content (AvgIpc) is 2.46. The molecular weight excluding hydrogens is 319 g/mol. The van der Waals surface area contributed by atoms with Crippen LogP contribution in [0.15, 0.2) is 24.5 Å². The molecule has 1 aromatic heterocycles. The van der Waals surface area contributed by atoms with E-state index in [1.54, 1.807) is 0 Å². The summed E-state index contributed by atoms with van der Waals surface area (Å²) >= 11 is 0. The van der Waals surface area contributed by atoms with Gasteiger partial charge in [0.2, 0.25) is 0 Å². The summed E-state index contributed by atoms with van der Waals surface area (Å²) in [6, 6.07) is -0.0249. The average molecular weight is 333 g/mol. The van der Waals surface area contributed by atoms with Gasteiger partial charge >= 0.3 is 18.2 Å². The number of amides is 2. The van der Waals surface area contributed by atoms with E-state index in [-0.39, 0.29) is 12.2 Å². The highest BCUT2D eigenvalue weighted by Gasteiger charge is 2.67. The number of alkyl halides is 3. The Morgan fingerprint density at radius 1 is 1.43 bits per heavy atom. The number of carbonyl (C=O) groups is 2. The van der Waals surface area contributed by atoms with Crippen molar-refractivity contribution in [3.8, 4) is 0 Å². The fourth-order valence-electron chi connectivity index (χ4n) is 2.39. The minimum atomic E-state index is -5.28. The number of hydrogen-bond donors (Lipinski definition) is 3. The third-order valence-corrected chi connectivity index (χ3v) is 3.41. The third kappa shape index (κ3) is 3.07. The van der Waals surface area contributed by atoms with E-state index in [2.05, 4.69) is 15.0 Å². The maximum atomic E-state index is 13.3. The lowest BCUT2D eigenvalue weighted by atomic mass is 9.82. The molecule has 0 unspecified atom stereocenters. The Morgan fingerprint density at radius 3 is 2.57 bits per heavy atom. The van der Waals surface area contributed by atoms with Gasteiger partial charge in [0.25, 0.3) is 5.72 Å². The number of urea groups is 1. The molecular formula is C13H14F3N3O4. The fourth-order valence-corrected chi connectivity index (χ4v) is 2.39. The largest absolute Gasteiger partial charge is 0.466 e. The number of esters is 1. The summed E-state index contributed by atoms with van der Waals surface area (Å²) in [5.41, 5.74) is -3.58. The summed E-state index contributed by atoms with van der Waals surface area (Å²) in [4.78, 5) is 27.4. The molecule has 7 nitrogen and oxygen atoms in total. The van der Waals surface area contributed by atoms with E-state index in [0.29, 0.717) is 0 Å². The van der Waals surface area contributed by atoms with E-state index in [1.807, 2.05) is 0 Å². The Kier molecular flexibility index (Phi) is 4.46. The van der Waals surface area contributed by atoms with Gasteiger partial charge in [-0.2, -0.15) is 13.2 Å². The topological polar surface area (TPSA) is 101 Å². The first-order chi connectivity index (χ1) is 10.7. The smallest absolute Gasteiger partial charge is 0.437 e. The van der Waals surface area contributed by atoms with Crippen LogP contribution in [0.2, 0.25) is 0 Å². The van der Waals surface area contributed by atoms with Crippen LogP contribution in [0.4, 0.5) is 18.0 Å². The van der Waals surface area contributed by atoms with E-state index in [1.165, 1.54) is 36.8 Å². The molecule has 1 saturated heterocycles. The van der Waals surface area contributed by atoms with Crippen LogP contribution in [0.5, 0.6) is 0 Å². The second-order valence-electron chi connectivity index (χ2n) is 4.85. The molecule has 0 aromatic carbocycles. The van der Waals surface area contributed by atoms with Crippen molar-refractivity contribution in [1.82, 2.24) is 15.6 Å². The van der Waals surface area contributed by atoms with Crippen molar-refractivity contribution in [2.75, 3.05) is 6.61 Å². The van der Waals surface area contributed by atoms with E-state index >= 15 is 0 Å². The summed E-state index contributed by atoms with van der Waals surface area (Å²) in [5, 5.41) is 13.6. The first kappa shape index (κ1) is 17.0. The minimum absolute atomic E-state index is 0.176. The number of rotatable bonds is 3. The Morgan fingerprint density at radius 2 is 2.04 bits per heavy atom. The summed E-state index contributed by atoms with van der Waals surface area (Å²) < 4.78 is 44.6. The van der Waals surface area contributed by atoms with Gasteiger partial charge < -0.3 is 20.5 Å². The minimum Gasteiger partial charge on any atom is -0.466 e. The van der Waals surface area contributed by atoms with Crippen LogP contribution in [-0.4, -0.2) is 40.6 Å². The van der Waals surface area contributed by atoms with Crippen LogP contribution in [0, 0.1) is 5.92 Å². The lowest BCUT2D eigenvalue weighted by Gasteiger charge is -2.44. The first-order valence-corrected chi connectivity index (χ1v) is 6.65. The van der Waals surface area contributed by atoms with Gasteiger partial charge in [-0.25, -0.2) is 4.79 Å². The second kappa shape index (κ2) is 6.03. The molecule has 2 amide bonds. The fraction of sp³-hybridized carbons (Fsp3) is 0.462. The van der Waals surface area contributed by atoms with Gasteiger partial charge in [0.1, 0.15) is 5.92 Å². The molecule has 0 bridgehead atoms. The Bertz CT molecular complexity index is 596. The highest BCUT2D eigenvalue weighted by molar-refractivity contribution is 5.83. The molecule has 10 heteroatoms. The molecule has 1 aromatic rings. The number of aliphatic hydroxyl groups is 1. The summed E-state index contributed by atoms with van der Waals surface area (Å²) in [5.74, 6) is -3.41. The molecule has 3 N–H and O–H groups in total. The summed E-state index contributed by atoms with van der Waals surface area (Å²) in [6.07, 6.45) is -2.70. The van der Waals surface area contributed by atoms with Crippen LogP contribution in [0.1, 0.15) is 18.5 Å². The standard InChI is InChI=1S/C13H14F3N3O4/c1-2-23-10(20)8-9(7-3-5-17-6-4-7)18-11(21)19-12(8,22)13(14,15)16/h3-6,8-9,22H,2H2,1H3,(H2,18,19,21)/t8-,9-,12-/m1/s1. The lowest BCUT2D eigenvalue weighted by Crippen LogP contribution is -2.73. The van der Waals surface area contributed by atoms with Crippen molar-refractivity contribution in [2.24, 2.45) is 5.92 Å². The molecule has 0 spiro atoms. The van der Waals surface area contributed by atoms with Crippen molar-refractivity contribution < 1.29 is 32.6 Å². The molecule has 2 rings (SSSR count). The summed E-state index contributed by atoms with van der Waals surface area (Å²) in [7, 11) is 0. The number of pyridine rings is 1. The molecule has 0 radical (unpaired) electrons. The molecule has 1 aliphatic rings. The predicted octanol–water partition coefficient (Wildman–Crippen LogP) is 0.866. The van der Waals surface area contributed by atoms with Crippen molar-refractivity contribution in [3.63, 3.8) is 0 Å². The van der Waals surface area contributed by atoms with Gasteiger partial charge in [0.15, 0.2) is 0 Å². The first-order valence-electron chi connectivity index (χ1n) is 6.65. The number of carbonyl (C=O) groups excluding carboxylic acids is 2. The van der Waals surface area contributed by atoms with Gasteiger partial charge in [0, 0.05) is 12.4 Å². The maximum absolute atomic E-state index is 13.3. The lowest BCUT2D eigenvalue weighted by molar-refractivity contribution is -0.294. The van der Waals surface area contributed by atoms with Gasteiger partial charge in [-0.1, -0.05) is 0 Å². The van der Waals surface area contributed by atoms with Crippen LogP contribution in [0.25, 0.3) is 0 Å². The molecule has 0 aliphatic carbocycles. The third-order valence-electron chi connectivity index (χ3n) is 3.41. The highest BCUT2D eigenvalue weighted by Crippen LogP contribution is 2.42. The Balaban J connectivity index is 2.54. The molecule has 23 heavy (non-hydrogen) atoms. The van der Waals surface area contributed by atoms with E-state index in [4.69, 9.17) is 0 Å². The molecule has 0 saturated carbocycles. The van der Waals surface area contributed by atoms with E-state index < -0.39 is 35.9 Å². The number of nitrogens with one attached hydrogen (secondary N) is 2. The van der Waals surface area contributed by atoms with Gasteiger partial charge in [0.05, 0.1) is 12.6 Å². The second-order valence-corrected chi connectivity index (χ2v) is 4.85. The van der Waals surface area contributed by atoms with Crippen LogP contribution < -0.4 is 10.6 Å². The Hall–Kier alpha value is -2.36. The number of hydrogen-bond acceptors (Lipinski definition) is 5. The zero-order valence-electron chi connectivity index (χ0n) is 11.9. The normalized spacial score (nSPS) is 27.8. The number of ether oxygens (including phenoxy) is 1.